The average Bonchev–Trinajstić information content (AvgIpc) is 2.68. The molecule has 3 rings (SSSR count). The van der Waals surface area contributed by atoms with Gasteiger partial charge in [-0.15, -0.1) is 0 Å². The van der Waals surface area contributed by atoms with Crippen LogP contribution in [0.2, 0.25) is 0 Å². The number of carbonyl (C=O) groups excluding carboxylic acids is 1. The summed E-state index contributed by atoms with van der Waals surface area (Å²) in [5.74, 6) is 1.19. The number of amides is 1. The van der Waals surface area contributed by atoms with Gasteiger partial charge in [-0.1, -0.05) is 30.3 Å². The van der Waals surface area contributed by atoms with E-state index in [1.54, 1.807) is 18.5 Å². The second-order valence-corrected chi connectivity index (χ2v) is 8.62. The van der Waals surface area contributed by atoms with E-state index < -0.39 is 0 Å². The van der Waals surface area contributed by atoms with Crippen LogP contribution in [0.25, 0.3) is 0 Å². The van der Waals surface area contributed by atoms with Crippen LogP contribution in [0.1, 0.15) is 47.6 Å². The highest BCUT2D eigenvalue weighted by molar-refractivity contribution is 9.10. The van der Waals surface area contributed by atoms with Crippen molar-refractivity contribution < 1.29 is 4.79 Å². The molecule has 144 valence electrons. The quantitative estimate of drug-likeness (QED) is 0.724. The van der Waals surface area contributed by atoms with Crippen LogP contribution in [0.4, 0.5) is 0 Å². The molecule has 0 aliphatic heterocycles. The second-order valence-electron chi connectivity index (χ2n) is 7.70. The van der Waals surface area contributed by atoms with Crippen LogP contribution in [-0.4, -0.2) is 36.4 Å². The summed E-state index contributed by atoms with van der Waals surface area (Å²) in [5.41, 5.74) is 2.01. The number of pyridine rings is 1. The zero-order chi connectivity index (χ0) is 19.2. The fourth-order valence-electron chi connectivity index (χ4n) is 4.23. The van der Waals surface area contributed by atoms with Crippen LogP contribution >= 0.6 is 15.9 Å². The van der Waals surface area contributed by atoms with Crippen LogP contribution < -0.4 is 5.32 Å². The van der Waals surface area contributed by atoms with Crippen LogP contribution in [-0.2, 0) is 0 Å². The van der Waals surface area contributed by atoms with Gasteiger partial charge in [0.25, 0.3) is 5.91 Å². The highest BCUT2D eigenvalue weighted by Crippen LogP contribution is 2.39. The first-order chi connectivity index (χ1) is 13.0. The van der Waals surface area contributed by atoms with E-state index >= 15 is 0 Å². The molecule has 0 spiro atoms. The lowest BCUT2D eigenvalue weighted by atomic mass is 9.76. The molecule has 1 saturated carbocycles. The Labute approximate surface area is 170 Å². The maximum Gasteiger partial charge on any atom is 0.252 e. The lowest BCUT2D eigenvalue weighted by Gasteiger charge is -2.37. The maximum absolute atomic E-state index is 12.3. The zero-order valence-corrected chi connectivity index (χ0v) is 17.7. The minimum Gasteiger partial charge on any atom is -0.352 e. The van der Waals surface area contributed by atoms with E-state index in [4.69, 9.17) is 0 Å². The molecule has 1 atom stereocenters. The molecule has 4 nitrogen and oxygen atoms in total. The lowest BCUT2D eigenvalue weighted by molar-refractivity contribution is 0.0934. The molecule has 2 aromatic rings. The number of nitrogens with one attached hydrogen (secondary N) is 1. The molecule has 1 amide bonds. The molecule has 1 N–H and O–H groups in total. The molecule has 1 aromatic carbocycles. The first kappa shape index (κ1) is 20.0. The fraction of sp³-hybridized carbons (Fsp3) is 0.455. The number of aromatic nitrogens is 1. The molecule has 5 heteroatoms. The number of carbonyl (C=O) groups is 1. The molecule has 1 aliphatic carbocycles. The topological polar surface area (TPSA) is 45.2 Å². The number of nitrogens with zero attached hydrogens (tertiary/aromatic N) is 2. The van der Waals surface area contributed by atoms with Crippen LogP contribution in [0.5, 0.6) is 0 Å². The Morgan fingerprint density at radius 2 is 1.89 bits per heavy atom. The van der Waals surface area contributed by atoms with Crippen molar-refractivity contribution in [3.63, 3.8) is 0 Å². The SMILES string of the molecule is CN(C)C(c1ccccc1)C1CCC(CNC(=O)c2cncc(Br)c2)CC1. The number of hydrogen-bond donors (Lipinski definition) is 1. The van der Waals surface area contributed by atoms with E-state index in [0.29, 0.717) is 23.4 Å². The summed E-state index contributed by atoms with van der Waals surface area (Å²) in [6, 6.07) is 13.1. The number of halogens is 1. The summed E-state index contributed by atoms with van der Waals surface area (Å²) in [7, 11) is 4.35. The van der Waals surface area contributed by atoms with Crippen molar-refractivity contribution in [1.82, 2.24) is 15.2 Å². The van der Waals surface area contributed by atoms with Crippen LogP contribution in [0.3, 0.4) is 0 Å². The minimum atomic E-state index is -0.0404. The van der Waals surface area contributed by atoms with E-state index in [1.165, 1.54) is 31.2 Å². The molecule has 1 fully saturated rings. The van der Waals surface area contributed by atoms with Crippen LogP contribution in [0, 0.1) is 11.8 Å². The third-order valence-electron chi connectivity index (χ3n) is 5.55. The van der Waals surface area contributed by atoms with Gasteiger partial charge in [-0.25, -0.2) is 0 Å². The molecule has 27 heavy (non-hydrogen) atoms. The third-order valence-corrected chi connectivity index (χ3v) is 5.99. The third kappa shape index (κ3) is 5.39. The Morgan fingerprint density at radius 1 is 1.19 bits per heavy atom. The van der Waals surface area contributed by atoms with Crippen molar-refractivity contribution >= 4 is 21.8 Å². The van der Waals surface area contributed by atoms with Gasteiger partial charge in [0.05, 0.1) is 5.56 Å². The van der Waals surface area contributed by atoms with E-state index in [0.717, 1.165) is 11.0 Å². The van der Waals surface area contributed by atoms with Gasteiger partial charge in [0.15, 0.2) is 0 Å². The normalized spacial score (nSPS) is 21.0. The summed E-state index contributed by atoms with van der Waals surface area (Å²) in [5, 5.41) is 3.08. The molecule has 0 saturated heterocycles. The predicted octanol–water partition coefficient (Wildman–Crippen LogP) is 4.68. The van der Waals surface area contributed by atoms with Crippen molar-refractivity contribution in [3.05, 3.63) is 64.4 Å². The van der Waals surface area contributed by atoms with Crippen molar-refractivity contribution in [2.45, 2.75) is 31.7 Å². The molecule has 1 heterocycles. The largest absolute Gasteiger partial charge is 0.352 e. The summed E-state index contributed by atoms with van der Waals surface area (Å²) >= 11 is 3.36. The molecule has 1 aromatic heterocycles. The van der Waals surface area contributed by atoms with Crippen molar-refractivity contribution in [2.75, 3.05) is 20.6 Å². The number of rotatable bonds is 6. The molecule has 1 aliphatic rings. The van der Waals surface area contributed by atoms with Gasteiger partial charge in [0.1, 0.15) is 0 Å². The molecule has 0 bridgehead atoms. The molecular weight excluding hydrogens is 402 g/mol. The minimum absolute atomic E-state index is 0.0404. The van der Waals surface area contributed by atoms with Gasteiger partial charge in [-0.3, -0.25) is 9.78 Å². The monoisotopic (exact) mass is 429 g/mol. The van der Waals surface area contributed by atoms with Gasteiger partial charge in [0, 0.05) is 29.5 Å². The van der Waals surface area contributed by atoms with Gasteiger partial charge < -0.3 is 10.2 Å². The van der Waals surface area contributed by atoms with Gasteiger partial charge in [-0.05, 0) is 79.2 Å². The Balaban J connectivity index is 1.52. The van der Waals surface area contributed by atoms with E-state index in [2.05, 4.69) is 75.6 Å². The smallest absolute Gasteiger partial charge is 0.252 e. The zero-order valence-electron chi connectivity index (χ0n) is 16.1. The van der Waals surface area contributed by atoms with Crippen molar-refractivity contribution in [1.29, 1.82) is 0 Å². The van der Waals surface area contributed by atoms with E-state index in [-0.39, 0.29) is 5.91 Å². The molecule has 1 unspecified atom stereocenters. The molecular formula is C22H28BrN3O. The Kier molecular flexibility index (Phi) is 7.02. The average molecular weight is 430 g/mol. The van der Waals surface area contributed by atoms with Crippen LogP contribution in [0.15, 0.2) is 53.3 Å². The molecule has 0 radical (unpaired) electrons. The standard InChI is InChI=1S/C22H28BrN3O/c1-26(2)21(17-6-4-3-5-7-17)18-10-8-16(9-11-18)13-25-22(27)19-12-20(23)15-24-14-19/h3-7,12,14-16,18,21H,8-11,13H2,1-2H3,(H,25,27). The van der Waals surface area contributed by atoms with Gasteiger partial charge in [-0.2, -0.15) is 0 Å². The summed E-state index contributed by atoms with van der Waals surface area (Å²) in [6.45, 7) is 0.746. The predicted molar refractivity (Wildman–Crippen MR) is 113 cm³/mol. The summed E-state index contributed by atoms with van der Waals surface area (Å²) in [4.78, 5) is 18.7. The maximum atomic E-state index is 12.3. The number of benzene rings is 1. The Hall–Kier alpha value is -1.72. The highest BCUT2D eigenvalue weighted by Gasteiger charge is 2.30. The first-order valence-electron chi connectivity index (χ1n) is 9.64. The number of hydrogen-bond acceptors (Lipinski definition) is 3. The lowest BCUT2D eigenvalue weighted by Crippen LogP contribution is -2.34. The summed E-state index contributed by atoms with van der Waals surface area (Å²) < 4.78 is 0.825. The Bertz CT molecular complexity index is 742. The highest BCUT2D eigenvalue weighted by atomic mass is 79.9. The summed E-state index contributed by atoms with van der Waals surface area (Å²) in [6.07, 6.45) is 8.04. The van der Waals surface area contributed by atoms with Gasteiger partial charge in [0.2, 0.25) is 0 Å². The van der Waals surface area contributed by atoms with Crippen molar-refractivity contribution in [3.8, 4) is 0 Å². The van der Waals surface area contributed by atoms with Gasteiger partial charge >= 0.3 is 0 Å². The Morgan fingerprint density at radius 3 is 2.52 bits per heavy atom. The van der Waals surface area contributed by atoms with E-state index in [9.17, 15) is 4.79 Å². The van der Waals surface area contributed by atoms with Crippen molar-refractivity contribution in [2.24, 2.45) is 11.8 Å². The first-order valence-corrected chi connectivity index (χ1v) is 10.4. The fourth-order valence-corrected chi connectivity index (χ4v) is 4.59. The van der Waals surface area contributed by atoms with E-state index in [1.807, 2.05) is 0 Å². The second kappa shape index (κ2) is 9.47.